The van der Waals surface area contributed by atoms with Gasteiger partial charge in [0.2, 0.25) is 5.88 Å². The summed E-state index contributed by atoms with van der Waals surface area (Å²) in [6, 6.07) is 12.3. The second-order valence-electron chi connectivity index (χ2n) is 8.64. The molecule has 1 aromatic carbocycles. The van der Waals surface area contributed by atoms with Crippen molar-refractivity contribution in [3.8, 4) is 11.6 Å². The van der Waals surface area contributed by atoms with Crippen molar-refractivity contribution in [3.05, 3.63) is 82.8 Å². The highest BCUT2D eigenvalue weighted by Crippen LogP contribution is 2.34. The summed E-state index contributed by atoms with van der Waals surface area (Å²) >= 11 is 0. The van der Waals surface area contributed by atoms with E-state index in [1.165, 1.54) is 19.0 Å². The molecule has 2 aromatic heterocycles. The van der Waals surface area contributed by atoms with Gasteiger partial charge in [0.05, 0.1) is 12.6 Å². The number of nitrogens with zero attached hydrogens (tertiary/aromatic N) is 3. The van der Waals surface area contributed by atoms with E-state index in [0.29, 0.717) is 35.3 Å². The standard InChI is InChI=1S/C26H25N3O4/c1-16-12-19(13-28-24(16)32-15-18-8-9-18)17(2)29-14-22-21(25(29)30)10-11-27-23(22)26(31)33-20-6-4-3-5-7-20/h3-7,10-13,17-18H,8-9,14-15H2,1-2H3. The molecule has 1 unspecified atom stereocenters. The number of esters is 1. The van der Waals surface area contributed by atoms with E-state index in [0.717, 1.165) is 11.1 Å². The van der Waals surface area contributed by atoms with Crippen LogP contribution in [0, 0.1) is 12.8 Å². The molecule has 0 saturated heterocycles. The average Bonchev–Trinajstić information content (AvgIpc) is 3.60. The van der Waals surface area contributed by atoms with Gasteiger partial charge >= 0.3 is 5.97 Å². The molecule has 0 bridgehead atoms. The average molecular weight is 444 g/mol. The molecular weight excluding hydrogens is 418 g/mol. The molecule has 3 aromatic rings. The Bertz CT molecular complexity index is 1210. The zero-order valence-electron chi connectivity index (χ0n) is 18.7. The number of carbonyl (C=O) groups excluding carboxylic acids is 2. The predicted octanol–water partition coefficient (Wildman–Crippen LogP) is 4.51. The van der Waals surface area contributed by atoms with Gasteiger partial charge in [-0.3, -0.25) is 4.79 Å². The van der Waals surface area contributed by atoms with Crippen molar-refractivity contribution in [3.63, 3.8) is 0 Å². The van der Waals surface area contributed by atoms with Gasteiger partial charge in [0.1, 0.15) is 5.75 Å². The third-order valence-corrected chi connectivity index (χ3v) is 6.18. The van der Waals surface area contributed by atoms with Crippen molar-refractivity contribution >= 4 is 11.9 Å². The van der Waals surface area contributed by atoms with Gasteiger partial charge in [0, 0.05) is 35.6 Å². The maximum absolute atomic E-state index is 13.2. The van der Waals surface area contributed by atoms with Crippen LogP contribution in [0.2, 0.25) is 0 Å². The third-order valence-electron chi connectivity index (χ3n) is 6.18. The van der Waals surface area contributed by atoms with E-state index < -0.39 is 5.97 Å². The number of aryl methyl sites for hydroxylation is 1. The first-order valence-electron chi connectivity index (χ1n) is 11.2. The smallest absolute Gasteiger partial charge is 0.362 e. The van der Waals surface area contributed by atoms with Gasteiger partial charge in [0.15, 0.2) is 5.69 Å². The molecule has 1 aliphatic carbocycles. The van der Waals surface area contributed by atoms with Crippen molar-refractivity contribution in [1.29, 1.82) is 0 Å². The number of fused-ring (bicyclic) bond motifs is 1. The lowest BCUT2D eigenvalue weighted by Crippen LogP contribution is -2.27. The highest BCUT2D eigenvalue weighted by molar-refractivity contribution is 6.02. The molecule has 1 atom stereocenters. The van der Waals surface area contributed by atoms with E-state index in [1.54, 1.807) is 41.4 Å². The fraction of sp³-hybridized carbons (Fsp3) is 0.308. The molecule has 3 heterocycles. The molecule has 168 valence electrons. The number of hydrogen-bond acceptors (Lipinski definition) is 6. The minimum Gasteiger partial charge on any atom is -0.477 e. The summed E-state index contributed by atoms with van der Waals surface area (Å²) in [5.74, 6) is 1.02. The van der Waals surface area contributed by atoms with E-state index in [-0.39, 0.29) is 24.2 Å². The fourth-order valence-corrected chi connectivity index (χ4v) is 4.01. The molecule has 0 N–H and O–H groups in total. The number of benzene rings is 1. The van der Waals surface area contributed by atoms with E-state index in [1.807, 2.05) is 26.0 Å². The van der Waals surface area contributed by atoms with Crippen molar-refractivity contribution in [2.75, 3.05) is 6.61 Å². The van der Waals surface area contributed by atoms with Crippen LogP contribution in [0.15, 0.2) is 54.9 Å². The van der Waals surface area contributed by atoms with E-state index >= 15 is 0 Å². The van der Waals surface area contributed by atoms with Gasteiger partial charge in [-0.2, -0.15) is 0 Å². The first-order chi connectivity index (χ1) is 16.0. The van der Waals surface area contributed by atoms with Gasteiger partial charge in [0.25, 0.3) is 5.91 Å². The minimum absolute atomic E-state index is 0.139. The van der Waals surface area contributed by atoms with Crippen molar-refractivity contribution < 1.29 is 19.1 Å². The van der Waals surface area contributed by atoms with Crippen molar-refractivity contribution in [2.24, 2.45) is 5.92 Å². The number of aromatic nitrogens is 2. The molecular formula is C26H25N3O4. The second-order valence-corrected chi connectivity index (χ2v) is 8.64. The Balaban J connectivity index is 1.34. The highest BCUT2D eigenvalue weighted by Gasteiger charge is 2.35. The van der Waals surface area contributed by atoms with Crippen LogP contribution in [0.5, 0.6) is 11.6 Å². The molecule has 7 nitrogen and oxygen atoms in total. The van der Waals surface area contributed by atoms with Crippen LogP contribution >= 0.6 is 0 Å². The Morgan fingerprint density at radius 1 is 1.18 bits per heavy atom. The first-order valence-corrected chi connectivity index (χ1v) is 11.2. The van der Waals surface area contributed by atoms with Gasteiger partial charge < -0.3 is 14.4 Å². The SMILES string of the molecule is Cc1cc(C(C)N2Cc3c(ccnc3C(=O)Oc3ccccc3)C2=O)cnc1OCC1CC1. The van der Waals surface area contributed by atoms with Crippen LogP contribution < -0.4 is 9.47 Å². The number of ether oxygens (including phenoxy) is 2. The topological polar surface area (TPSA) is 81.6 Å². The lowest BCUT2D eigenvalue weighted by molar-refractivity contribution is 0.0701. The van der Waals surface area contributed by atoms with Crippen LogP contribution in [-0.2, 0) is 6.54 Å². The Labute approximate surface area is 192 Å². The van der Waals surface area contributed by atoms with E-state index in [9.17, 15) is 9.59 Å². The van der Waals surface area contributed by atoms with Gasteiger partial charge in [-0.15, -0.1) is 0 Å². The van der Waals surface area contributed by atoms with Crippen molar-refractivity contribution in [2.45, 2.75) is 39.3 Å². The van der Waals surface area contributed by atoms with E-state index in [4.69, 9.17) is 9.47 Å². The number of rotatable bonds is 7. The van der Waals surface area contributed by atoms with Crippen LogP contribution in [-0.4, -0.2) is 33.4 Å². The molecule has 0 radical (unpaired) electrons. The summed E-state index contributed by atoms with van der Waals surface area (Å²) in [4.78, 5) is 36.4. The molecule has 33 heavy (non-hydrogen) atoms. The fourth-order valence-electron chi connectivity index (χ4n) is 4.01. The number of amides is 1. The second kappa shape index (κ2) is 8.65. The molecule has 5 rings (SSSR count). The molecule has 1 aliphatic heterocycles. The third kappa shape index (κ3) is 4.31. The first kappa shape index (κ1) is 21.1. The molecule has 7 heteroatoms. The Morgan fingerprint density at radius 3 is 2.70 bits per heavy atom. The number of para-hydroxylation sites is 1. The molecule has 1 amide bonds. The van der Waals surface area contributed by atoms with Gasteiger partial charge in [-0.1, -0.05) is 18.2 Å². The lowest BCUT2D eigenvalue weighted by atomic mass is 10.1. The van der Waals surface area contributed by atoms with Crippen LogP contribution in [0.3, 0.4) is 0 Å². The minimum atomic E-state index is -0.574. The van der Waals surface area contributed by atoms with E-state index in [2.05, 4.69) is 9.97 Å². The molecule has 0 spiro atoms. The molecule has 2 aliphatic rings. The van der Waals surface area contributed by atoms with Crippen LogP contribution in [0.4, 0.5) is 0 Å². The number of carbonyl (C=O) groups is 2. The zero-order valence-corrected chi connectivity index (χ0v) is 18.7. The molecule has 1 saturated carbocycles. The number of hydrogen-bond donors (Lipinski definition) is 0. The van der Waals surface area contributed by atoms with Crippen LogP contribution in [0.1, 0.15) is 63.3 Å². The summed E-state index contributed by atoms with van der Waals surface area (Å²) in [5.41, 5.74) is 3.08. The van der Waals surface area contributed by atoms with Gasteiger partial charge in [-0.25, -0.2) is 14.8 Å². The summed E-state index contributed by atoms with van der Waals surface area (Å²) in [5, 5.41) is 0. The normalized spacial score (nSPS) is 15.8. The quantitative estimate of drug-likeness (QED) is 0.395. The Morgan fingerprint density at radius 2 is 1.97 bits per heavy atom. The van der Waals surface area contributed by atoms with Crippen molar-refractivity contribution in [1.82, 2.24) is 14.9 Å². The summed E-state index contributed by atoms with van der Waals surface area (Å²) < 4.78 is 11.3. The highest BCUT2D eigenvalue weighted by atomic mass is 16.5. The summed E-state index contributed by atoms with van der Waals surface area (Å²) in [6.45, 7) is 4.91. The monoisotopic (exact) mass is 443 g/mol. The Kier molecular flexibility index (Phi) is 5.54. The summed E-state index contributed by atoms with van der Waals surface area (Å²) in [7, 11) is 0. The number of pyridine rings is 2. The van der Waals surface area contributed by atoms with Gasteiger partial charge in [-0.05, 0) is 62.4 Å². The molecule has 1 fully saturated rings. The zero-order chi connectivity index (χ0) is 22.9. The predicted molar refractivity (Wildman–Crippen MR) is 121 cm³/mol. The lowest BCUT2D eigenvalue weighted by Gasteiger charge is -2.25. The Hall–Kier alpha value is -3.74. The van der Waals surface area contributed by atoms with Crippen LogP contribution in [0.25, 0.3) is 0 Å². The maximum Gasteiger partial charge on any atom is 0.362 e. The largest absolute Gasteiger partial charge is 0.477 e. The maximum atomic E-state index is 13.2. The summed E-state index contributed by atoms with van der Waals surface area (Å²) in [6.07, 6.45) is 5.69.